The van der Waals surface area contributed by atoms with Crippen molar-refractivity contribution < 1.29 is 14.7 Å². The maximum Gasteiger partial charge on any atom is 0.305 e. The summed E-state index contributed by atoms with van der Waals surface area (Å²) in [6.45, 7) is 0. The molecule has 1 aromatic carbocycles. The Morgan fingerprint density at radius 3 is 2.38 bits per heavy atom. The molecule has 4 heteroatoms. The molecule has 2 N–H and O–H groups in total. The molecule has 0 aromatic heterocycles. The summed E-state index contributed by atoms with van der Waals surface area (Å²) in [5.74, 6) is -0.481. The third-order valence-corrected chi connectivity index (χ3v) is 4.87. The van der Waals surface area contributed by atoms with Crippen LogP contribution in [0, 0.1) is 5.92 Å². The molecule has 21 heavy (non-hydrogen) atoms. The van der Waals surface area contributed by atoms with E-state index in [9.17, 15) is 9.59 Å². The minimum Gasteiger partial charge on any atom is -0.481 e. The lowest BCUT2D eigenvalue weighted by atomic mass is 9.63. The van der Waals surface area contributed by atoms with Crippen LogP contribution in [0.1, 0.15) is 44.1 Å². The Morgan fingerprint density at radius 2 is 1.90 bits per heavy atom. The molecule has 0 spiro atoms. The summed E-state index contributed by atoms with van der Waals surface area (Å²) in [6, 6.07) is 9.66. The number of aliphatic carboxylic acids is 1. The van der Waals surface area contributed by atoms with Gasteiger partial charge in [0.15, 0.2) is 0 Å². The van der Waals surface area contributed by atoms with Crippen molar-refractivity contribution >= 4 is 11.9 Å². The first kappa shape index (κ1) is 14.1. The van der Waals surface area contributed by atoms with Gasteiger partial charge in [0.05, 0.1) is 11.8 Å². The van der Waals surface area contributed by atoms with Crippen molar-refractivity contribution in [2.24, 2.45) is 5.92 Å². The molecule has 2 aliphatic carbocycles. The molecule has 2 aliphatic rings. The van der Waals surface area contributed by atoms with E-state index in [4.69, 9.17) is 5.11 Å². The van der Waals surface area contributed by atoms with Gasteiger partial charge in [-0.3, -0.25) is 9.59 Å². The average Bonchev–Trinajstić information content (AvgIpc) is 3.21. The van der Waals surface area contributed by atoms with Crippen LogP contribution in [0.4, 0.5) is 0 Å². The van der Waals surface area contributed by atoms with Crippen LogP contribution in [0.15, 0.2) is 30.3 Å². The van der Waals surface area contributed by atoms with Gasteiger partial charge < -0.3 is 10.4 Å². The van der Waals surface area contributed by atoms with Crippen molar-refractivity contribution in [1.29, 1.82) is 0 Å². The van der Waals surface area contributed by atoms with Gasteiger partial charge in [0.25, 0.3) is 0 Å². The molecule has 0 heterocycles. The van der Waals surface area contributed by atoms with Crippen LogP contribution < -0.4 is 5.32 Å². The number of carboxylic acid groups (broad SMARTS) is 1. The van der Waals surface area contributed by atoms with Gasteiger partial charge in [0.2, 0.25) is 5.91 Å². The van der Waals surface area contributed by atoms with Crippen LogP contribution in [0.3, 0.4) is 0 Å². The molecular formula is C17H21NO3. The van der Waals surface area contributed by atoms with Crippen LogP contribution in [0.2, 0.25) is 0 Å². The summed E-state index contributed by atoms with van der Waals surface area (Å²) in [7, 11) is 0. The second kappa shape index (κ2) is 5.51. The molecule has 112 valence electrons. The number of hydrogen-bond acceptors (Lipinski definition) is 2. The van der Waals surface area contributed by atoms with Crippen molar-refractivity contribution in [3.05, 3.63) is 35.9 Å². The Labute approximate surface area is 124 Å². The molecule has 4 nitrogen and oxygen atoms in total. The average molecular weight is 287 g/mol. The maximum absolute atomic E-state index is 12.8. The van der Waals surface area contributed by atoms with Gasteiger partial charge >= 0.3 is 5.97 Å². The Bertz CT molecular complexity index is 532. The molecule has 1 aromatic rings. The van der Waals surface area contributed by atoms with E-state index >= 15 is 0 Å². The van der Waals surface area contributed by atoms with Crippen LogP contribution in [0.5, 0.6) is 0 Å². The maximum atomic E-state index is 12.8. The molecule has 3 rings (SSSR count). The molecule has 2 fully saturated rings. The first-order chi connectivity index (χ1) is 10.1. The highest BCUT2D eigenvalue weighted by molar-refractivity contribution is 5.89. The van der Waals surface area contributed by atoms with Gasteiger partial charge in [-0.05, 0) is 37.2 Å². The predicted molar refractivity (Wildman–Crippen MR) is 78.9 cm³/mol. The summed E-state index contributed by atoms with van der Waals surface area (Å²) >= 11 is 0. The minimum absolute atomic E-state index is 0.0121. The van der Waals surface area contributed by atoms with Gasteiger partial charge in [-0.15, -0.1) is 0 Å². The van der Waals surface area contributed by atoms with E-state index in [-0.39, 0.29) is 18.4 Å². The third kappa shape index (κ3) is 2.80. The molecule has 1 unspecified atom stereocenters. The molecule has 0 saturated heterocycles. The molecule has 1 amide bonds. The van der Waals surface area contributed by atoms with E-state index in [1.807, 2.05) is 30.3 Å². The Balaban J connectivity index is 1.75. The van der Waals surface area contributed by atoms with Crippen LogP contribution in [-0.2, 0) is 15.0 Å². The van der Waals surface area contributed by atoms with E-state index in [0.717, 1.165) is 37.7 Å². The summed E-state index contributed by atoms with van der Waals surface area (Å²) in [4.78, 5) is 23.7. The topological polar surface area (TPSA) is 66.4 Å². The quantitative estimate of drug-likeness (QED) is 0.844. The van der Waals surface area contributed by atoms with Crippen molar-refractivity contribution in [2.75, 3.05) is 0 Å². The molecule has 0 bridgehead atoms. The zero-order valence-corrected chi connectivity index (χ0v) is 12.0. The second-order valence-electron chi connectivity index (χ2n) is 6.32. The number of carbonyl (C=O) groups excluding carboxylic acids is 1. The normalized spacial score (nSPS) is 21.1. The smallest absolute Gasteiger partial charge is 0.305 e. The SMILES string of the molecule is O=C(O)CC(NC(=O)C1(c2ccccc2)CCC1)C1CC1. The number of amides is 1. The Hall–Kier alpha value is -1.84. The fourth-order valence-corrected chi connectivity index (χ4v) is 3.26. The van der Waals surface area contributed by atoms with Gasteiger partial charge in [0.1, 0.15) is 0 Å². The lowest BCUT2D eigenvalue weighted by Crippen LogP contribution is -2.52. The molecule has 0 radical (unpaired) electrons. The Kier molecular flexibility index (Phi) is 3.70. The lowest BCUT2D eigenvalue weighted by molar-refractivity contribution is -0.138. The molecule has 1 atom stereocenters. The highest BCUT2D eigenvalue weighted by Gasteiger charge is 2.47. The van der Waals surface area contributed by atoms with Crippen LogP contribution >= 0.6 is 0 Å². The highest BCUT2D eigenvalue weighted by atomic mass is 16.4. The van der Waals surface area contributed by atoms with Gasteiger partial charge in [-0.1, -0.05) is 36.8 Å². The first-order valence-corrected chi connectivity index (χ1v) is 7.70. The van der Waals surface area contributed by atoms with Gasteiger partial charge in [-0.2, -0.15) is 0 Å². The number of rotatable bonds is 6. The molecular weight excluding hydrogens is 266 g/mol. The Morgan fingerprint density at radius 1 is 1.24 bits per heavy atom. The standard InChI is InChI=1S/C17H21NO3/c19-15(20)11-14(12-7-8-12)18-16(21)17(9-4-10-17)13-5-2-1-3-6-13/h1-3,5-6,12,14H,4,7-11H2,(H,18,21)(H,19,20). The second-order valence-corrected chi connectivity index (χ2v) is 6.32. The fourth-order valence-electron chi connectivity index (χ4n) is 3.26. The van der Waals surface area contributed by atoms with E-state index in [0.29, 0.717) is 5.92 Å². The van der Waals surface area contributed by atoms with Crippen LogP contribution in [0.25, 0.3) is 0 Å². The summed E-state index contributed by atoms with van der Waals surface area (Å²) in [5, 5.41) is 12.0. The van der Waals surface area contributed by atoms with Crippen molar-refractivity contribution in [3.63, 3.8) is 0 Å². The lowest BCUT2D eigenvalue weighted by Gasteiger charge is -2.41. The first-order valence-electron chi connectivity index (χ1n) is 7.70. The van der Waals surface area contributed by atoms with Crippen molar-refractivity contribution in [3.8, 4) is 0 Å². The molecule has 2 saturated carbocycles. The van der Waals surface area contributed by atoms with Gasteiger partial charge in [-0.25, -0.2) is 0 Å². The summed E-state index contributed by atoms with van der Waals surface area (Å²) in [6.07, 6.45) is 4.84. The van der Waals surface area contributed by atoms with Crippen molar-refractivity contribution in [1.82, 2.24) is 5.32 Å². The van der Waals surface area contributed by atoms with E-state index < -0.39 is 11.4 Å². The number of carbonyl (C=O) groups is 2. The minimum atomic E-state index is -0.838. The molecule has 0 aliphatic heterocycles. The van der Waals surface area contributed by atoms with E-state index in [2.05, 4.69) is 5.32 Å². The number of hydrogen-bond donors (Lipinski definition) is 2. The summed E-state index contributed by atoms with van der Waals surface area (Å²) in [5.41, 5.74) is 0.617. The number of nitrogens with one attached hydrogen (secondary N) is 1. The van der Waals surface area contributed by atoms with E-state index in [1.165, 1.54) is 0 Å². The van der Waals surface area contributed by atoms with Gasteiger partial charge in [0, 0.05) is 6.04 Å². The number of benzene rings is 1. The monoisotopic (exact) mass is 287 g/mol. The van der Waals surface area contributed by atoms with E-state index in [1.54, 1.807) is 0 Å². The summed E-state index contributed by atoms with van der Waals surface area (Å²) < 4.78 is 0. The zero-order valence-electron chi connectivity index (χ0n) is 12.0. The highest BCUT2D eigenvalue weighted by Crippen LogP contribution is 2.44. The van der Waals surface area contributed by atoms with Crippen LogP contribution in [-0.4, -0.2) is 23.0 Å². The predicted octanol–water partition coefficient (Wildman–Crippen LogP) is 2.48. The fraction of sp³-hybridized carbons (Fsp3) is 0.529. The third-order valence-electron chi connectivity index (χ3n) is 4.87. The largest absolute Gasteiger partial charge is 0.481 e. The zero-order chi connectivity index (χ0) is 14.9. The number of carboxylic acids is 1. The van der Waals surface area contributed by atoms with Crippen molar-refractivity contribution in [2.45, 2.75) is 50.0 Å².